The van der Waals surface area contributed by atoms with Crippen molar-refractivity contribution in [1.82, 2.24) is 14.9 Å². The third-order valence-corrected chi connectivity index (χ3v) is 3.85. The van der Waals surface area contributed by atoms with Crippen LogP contribution in [0, 0.1) is 12.7 Å². The van der Waals surface area contributed by atoms with E-state index in [-0.39, 0.29) is 11.8 Å². The zero-order valence-electron chi connectivity index (χ0n) is 14.0. The van der Waals surface area contributed by atoms with E-state index in [1.54, 1.807) is 29.1 Å². The lowest BCUT2D eigenvalue weighted by Crippen LogP contribution is -2.34. The number of nitrogens with zero attached hydrogens (tertiary/aromatic N) is 2. The molecule has 5 nitrogen and oxygen atoms in total. The number of benzene rings is 2. The molecule has 3 aromatic rings. The lowest BCUT2D eigenvalue weighted by atomic mass is 10.1. The molecule has 3 rings (SSSR count). The summed E-state index contributed by atoms with van der Waals surface area (Å²) in [5, 5.41) is 5.67. The molecule has 2 amide bonds. The van der Waals surface area contributed by atoms with Crippen molar-refractivity contribution < 1.29 is 9.18 Å². The van der Waals surface area contributed by atoms with Crippen molar-refractivity contribution in [2.45, 2.75) is 13.0 Å². The van der Waals surface area contributed by atoms with Gasteiger partial charge in [0.1, 0.15) is 17.7 Å². The van der Waals surface area contributed by atoms with Gasteiger partial charge in [-0.15, -0.1) is 0 Å². The normalized spacial score (nSPS) is 11.8. The van der Waals surface area contributed by atoms with Crippen molar-refractivity contribution in [3.63, 3.8) is 0 Å². The minimum atomic E-state index is -0.569. The predicted octanol–water partition coefficient (Wildman–Crippen LogP) is 3.78. The van der Waals surface area contributed by atoms with Crippen molar-refractivity contribution in [3.05, 3.63) is 83.7 Å². The largest absolute Gasteiger partial charge is 0.336 e. The molecule has 128 valence electrons. The number of nitrogens with one attached hydrogen (secondary N) is 2. The minimum Gasteiger partial charge on any atom is -0.336 e. The number of aromatic nitrogens is 2. The van der Waals surface area contributed by atoms with Gasteiger partial charge in [-0.25, -0.2) is 14.2 Å². The molecule has 0 radical (unpaired) electrons. The third kappa shape index (κ3) is 4.03. The maximum Gasteiger partial charge on any atom is 0.320 e. The Morgan fingerprint density at radius 2 is 2.00 bits per heavy atom. The van der Waals surface area contributed by atoms with Crippen LogP contribution in [0.4, 0.5) is 14.9 Å². The van der Waals surface area contributed by atoms with E-state index in [0.717, 1.165) is 5.56 Å². The summed E-state index contributed by atoms with van der Waals surface area (Å²) < 4.78 is 15.4. The lowest BCUT2D eigenvalue weighted by Gasteiger charge is -2.19. The Hall–Kier alpha value is -3.15. The molecular weight excluding hydrogens is 319 g/mol. The average molecular weight is 338 g/mol. The predicted molar refractivity (Wildman–Crippen MR) is 94.8 cm³/mol. The van der Waals surface area contributed by atoms with Gasteiger partial charge in [-0.2, -0.15) is 0 Å². The van der Waals surface area contributed by atoms with Gasteiger partial charge in [-0.3, -0.25) is 0 Å². The van der Waals surface area contributed by atoms with Gasteiger partial charge in [0.25, 0.3) is 0 Å². The fourth-order valence-corrected chi connectivity index (χ4v) is 2.66. The molecule has 1 aromatic heterocycles. The molecule has 0 spiro atoms. The van der Waals surface area contributed by atoms with Crippen LogP contribution in [-0.2, 0) is 7.05 Å². The van der Waals surface area contributed by atoms with E-state index in [1.807, 2.05) is 38.2 Å². The van der Waals surface area contributed by atoms with Crippen LogP contribution in [0.2, 0.25) is 0 Å². The molecule has 1 atom stereocenters. The molecule has 0 unspecified atom stereocenters. The fourth-order valence-electron chi connectivity index (χ4n) is 2.66. The molecule has 6 heteroatoms. The van der Waals surface area contributed by atoms with Crippen molar-refractivity contribution in [2.24, 2.45) is 7.05 Å². The third-order valence-electron chi connectivity index (χ3n) is 3.85. The first-order chi connectivity index (χ1) is 12.0. The lowest BCUT2D eigenvalue weighted by molar-refractivity contribution is 0.249. The topological polar surface area (TPSA) is 59.0 Å². The molecule has 0 aliphatic rings. The van der Waals surface area contributed by atoms with Crippen molar-refractivity contribution in [3.8, 4) is 0 Å². The van der Waals surface area contributed by atoms with E-state index in [9.17, 15) is 9.18 Å². The summed E-state index contributed by atoms with van der Waals surface area (Å²) in [6, 6.07) is 12.7. The summed E-state index contributed by atoms with van der Waals surface area (Å²) in [7, 11) is 1.83. The smallest absolute Gasteiger partial charge is 0.320 e. The van der Waals surface area contributed by atoms with E-state index >= 15 is 0 Å². The molecule has 25 heavy (non-hydrogen) atoms. The minimum absolute atomic E-state index is 0.363. The highest BCUT2D eigenvalue weighted by atomic mass is 19.1. The summed E-state index contributed by atoms with van der Waals surface area (Å²) in [5.41, 5.74) is 2.35. The van der Waals surface area contributed by atoms with E-state index < -0.39 is 6.04 Å². The Bertz CT molecular complexity index is 890. The molecule has 2 N–H and O–H groups in total. The Morgan fingerprint density at radius 3 is 2.68 bits per heavy atom. The fraction of sp³-hybridized carbons (Fsp3) is 0.158. The van der Waals surface area contributed by atoms with E-state index in [4.69, 9.17) is 0 Å². The Morgan fingerprint density at radius 1 is 1.20 bits per heavy atom. The van der Waals surface area contributed by atoms with Crippen molar-refractivity contribution >= 4 is 11.7 Å². The van der Waals surface area contributed by atoms with E-state index in [2.05, 4.69) is 15.6 Å². The van der Waals surface area contributed by atoms with Crippen LogP contribution in [0.15, 0.2) is 60.9 Å². The molecular formula is C19H19FN4O. The van der Waals surface area contributed by atoms with Crippen molar-refractivity contribution in [2.75, 3.05) is 5.32 Å². The van der Waals surface area contributed by atoms with Gasteiger partial charge in [0, 0.05) is 25.1 Å². The van der Waals surface area contributed by atoms with Crippen LogP contribution in [0.1, 0.15) is 23.0 Å². The zero-order valence-corrected chi connectivity index (χ0v) is 14.0. The number of rotatable bonds is 4. The van der Waals surface area contributed by atoms with Crippen LogP contribution in [0.25, 0.3) is 0 Å². The molecule has 1 heterocycles. The Labute approximate surface area is 145 Å². The van der Waals surface area contributed by atoms with Gasteiger partial charge in [0.2, 0.25) is 0 Å². The van der Waals surface area contributed by atoms with Gasteiger partial charge in [0.05, 0.1) is 0 Å². The highest BCUT2D eigenvalue weighted by Crippen LogP contribution is 2.21. The van der Waals surface area contributed by atoms with Crippen LogP contribution >= 0.6 is 0 Å². The molecule has 0 fully saturated rings. The number of carbonyl (C=O) groups excluding carboxylic acids is 1. The summed E-state index contributed by atoms with van der Waals surface area (Å²) in [6.07, 6.45) is 3.42. The maximum atomic E-state index is 13.6. The monoisotopic (exact) mass is 338 g/mol. The van der Waals surface area contributed by atoms with Crippen LogP contribution in [0.5, 0.6) is 0 Å². The molecule has 0 saturated carbocycles. The van der Waals surface area contributed by atoms with Crippen LogP contribution in [-0.4, -0.2) is 15.6 Å². The second kappa shape index (κ2) is 7.17. The maximum absolute atomic E-state index is 13.6. The highest BCUT2D eigenvalue weighted by molar-refractivity contribution is 5.89. The van der Waals surface area contributed by atoms with Gasteiger partial charge in [-0.05, 0) is 42.3 Å². The number of hydrogen-bond acceptors (Lipinski definition) is 2. The van der Waals surface area contributed by atoms with Gasteiger partial charge < -0.3 is 15.2 Å². The Balaban J connectivity index is 1.85. The second-order valence-corrected chi connectivity index (χ2v) is 5.85. The number of amides is 2. The average Bonchev–Trinajstić information content (AvgIpc) is 2.98. The quantitative estimate of drug-likeness (QED) is 0.760. The number of halogens is 1. The number of urea groups is 1. The zero-order chi connectivity index (χ0) is 17.8. The standard InChI is InChI=1S/C19H19FN4O/c1-13-5-3-8-16(11-13)22-19(25)23-17(18-21-9-10-24(18)2)14-6-4-7-15(20)12-14/h3-12,17H,1-2H3,(H2,22,23,25)/t17-/m1/s1. The van der Waals surface area contributed by atoms with E-state index in [0.29, 0.717) is 17.1 Å². The molecule has 0 saturated heterocycles. The van der Waals surface area contributed by atoms with Gasteiger partial charge in [-0.1, -0.05) is 24.3 Å². The van der Waals surface area contributed by atoms with Crippen LogP contribution in [0.3, 0.4) is 0 Å². The first-order valence-corrected chi connectivity index (χ1v) is 7.90. The molecule has 0 aliphatic carbocycles. The van der Waals surface area contributed by atoms with Gasteiger partial charge >= 0.3 is 6.03 Å². The molecule has 0 aliphatic heterocycles. The second-order valence-electron chi connectivity index (χ2n) is 5.85. The summed E-state index contributed by atoms with van der Waals surface area (Å²) in [5.74, 6) is 0.252. The summed E-state index contributed by atoms with van der Waals surface area (Å²) >= 11 is 0. The van der Waals surface area contributed by atoms with E-state index in [1.165, 1.54) is 12.1 Å². The number of anilines is 1. The SMILES string of the molecule is Cc1cccc(NC(=O)N[C@H](c2cccc(F)c2)c2nccn2C)c1. The van der Waals surface area contributed by atoms with Crippen molar-refractivity contribution in [1.29, 1.82) is 0 Å². The van der Waals surface area contributed by atoms with Gasteiger partial charge in [0.15, 0.2) is 0 Å². The molecule has 2 aromatic carbocycles. The number of imidazole rings is 1. The first kappa shape index (κ1) is 16.7. The first-order valence-electron chi connectivity index (χ1n) is 7.90. The highest BCUT2D eigenvalue weighted by Gasteiger charge is 2.21. The Kier molecular flexibility index (Phi) is 4.79. The summed E-state index contributed by atoms with van der Waals surface area (Å²) in [6.45, 7) is 1.95. The number of hydrogen-bond donors (Lipinski definition) is 2. The summed E-state index contributed by atoms with van der Waals surface area (Å²) in [4.78, 5) is 16.7. The number of carbonyl (C=O) groups is 1. The molecule has 0 bridgehead atoms. The number of aryl methyl sites for hydroxylation is 2. The van der Waals surface area contributed by atoms with Crippen LogP contribution < -0.4 is 10.6 Å².